The summed E-state index contributed by atoms with van der Waals surface area (Å²) in [5.41, 5.74) is 4.90. The predicted molar refractivity (Wildman–Crippen MR) is 119 cm³/mol. The topological polar surface area (TPSA) is 42.0 Å². The molecule has 2 N–H and O–H groups in total. The van der Waals surface area contributed by atoms with E-state index in [1.54, 1.807) is 0 Å². The lowest BCUT2D eigenvalue weighted by Crippen LogP contribution is -2.47. The van der Waals surface area contributed by atoms with Gasteiger partial charge >= 0.3 is 0 Å². The number of aliphatic hydroxyl groups excluding tert-OH is 1. The summed E-state index contributed by atoms with van der Waals surface area (Å²) in [5, 5.41) is 12.4. The van der Waals surface area contributed by atoms with Crippen LogP contribution in [-0.2, 0) is 0 Å². The van der Waals surface area contributed by atoms with E-state index in [1.165, 1.54) is 63.7 Å². The number of piperidine rings is 1. The fraction of sp³-hybridized carbons (Fsp3) is 0.913. The first-order valence-electron chi connectivity index (χ1n) is 11.8. The second kappa shape index (κ2) is 13.0. The zero-order valence-corrected chi connectivity index (χ0v) is 19.0. The van der Waals surface area contributed by atoms with E-state index in [1.807, 2.05) is 0 Å². The summed E-state index contributed by atoms with van der Waals surface area (Å²) in [6.45, 7) is 13.5. The van der Waals surface area contributed by atoms with Crippen LogP contribution in [0.3, 0.4) is 0 Å². The van der Waals surface area contributed by atoms with Crippen LogP contribution < -0.4 is 5.43 Å². The van der Waals surface area contributed by atoms with Crippen molar-refractivity contribution in [1.29, 1.82) is 0 Å². The zero-order chi connectivity index (χ0) is 20.4. The van der Waals surface area contributed by atoms with Gasteiger partial charge in [0.15, 0.2) is 0 Å². The van der Waals surface area contributed by atoms with Gasteiger partial charge in [-0.3, -0.25) is 10.3 Å². The minimum atomic E-state index is -0.178. The molecule has 2 fully saturated rings. The van der Waals surface area contributed by atoms with Crippen molar-refractivity contribution in [3.05, 3.63) is 11.6 Å². The Labute approximate surface area is 174 Å². The lowest BCUT2D eigenvalue weighted by molar-refractivity contribution is -0.0122. The molecule has 2 saturated heterocycles. The average Bonchev–Trinajstić information content (AvgIpc) is 3.11. The Hall–Kier alpha value is -0.460. The Morgan fingerprint density at radius 1 is 1.18 bits per heavy atom. The molecule has 2 aliphatic rings. The Morgan fingerprint density at radius 3 is 2.54 bits per heavy atom. The Morgan fingerprint density at radius 2 is 1.93 bits per heavy atom. The molecule has 5 heteroatoms. The molecule has 0 saturated carbocycles. The van der Waals surface area contributed by atoms with Crippen LogP contribution in [0, 0.1) is 5.92 Å². The largest absolute Gasteiger partial charge is 0.378 e. The van der Waals surface area contributed by atoms with Gasteiger partial charge in [0.05, 0.1) is 0 Å². The van der Waals surface area contributed by atoms with Gasteiger partial charge in [0.1, 0.15) is 6.23 Å². The molecule has 0 spiro atoms. The second-order valence-electron chi connectivity index (χ2n) is 9.10. The zero-order valence-electron chi connectivity index (χ0n) is 19.0. The third-order valence-electron chi connectivity index (χ3n) is 6.42. The minimum Gasteiger partial charge on any atom is -0.378 e. The van der Waals surface area contributed by atoms with Crippen molar-refractivity contribution in [1.82, 2.24) is 20.2 Å². The van der Waals surface area contributed by atoms with Gasteiger partial charge in [0, 0.05) is 39.3 Å². The molecule has 2 unspecified atom stereocenters. The van der Waals surface area contributed by atoms with Crippen LogP contribution in [0.2, 0.25) is 0 Å². The molecule has 2 aliphatic heterocycles. The highest BCUT2D eigenvalue weighted by Gasteiger charge is 2.31. The summed E-state index contributed by atoms with van der Waals surface area (Å²) >= 11 is 0. The number of likely N-dealkylation sites (tertiary alicyclic amines) is 2. The summed E-state index contributed by atoms with van der Waals surface area (Å²) in [7, 11) is 2.14. The maximum atomic E-state index is 10.2. The maximum Gasteiger partial charge on any atom is 0.107 e. The van der Waals surface area contributed by atoms with Gasteiger partial charge in [-0.15, -0.1) is 0 Å². The van der Waals surface area contributed by atoms with Crippen molar-refractivity contribution in [2.24, 2.45) is 5.92 Å². The molecule has 0 amide bonds. The first kappa shape index (κ1) is 23.8. The molecule has 0 radical (unpaired) electrons. The molecule has 0 aromatic carbocycles. The van der Waals surface area contributed by atoms with E-state index in [9.17, 15) is 5.11 Å². The Bertz CT molecular complexity index is 448. The average molecular weight is 395 g/mol. The van der Waals surface area contributed by atoms with Crippen molar-refractivity contribution >= 4 is 0 Å². The molecule has 164 valence electrons. The molecule has 28 heavy (non-hydrogen) atoms. The first-order valence-corrected chi connectivity index (χ1v) is 11.8. The number of aliphatic hydroxyl groups is 1. The molecule has 2 rings (SSSR count). The maximum absolute atomic E-state index is 10.2. The smallest absolute Gasteiger partial charge is 0.107 e. The van der Waals surface area contributed by atoms with Gasteiger partial charge in [0.25, 0.3) is 0 Å². The summed E-state index contributed by atoms with van der Waals surface area (Å²) < 4.78 is 0. The van der Waals surface area contributed by atoms with Gasteiger partial charge in [-0.05, 0) is 70.9 Å². The Kier molecular flexibility index (Phi) is 11.0. The monoisotopic (exact) mass is 394 g/mol. The van der Waals surface area contributed by atoms with Crippen LogP contribution in [0.4, 0.5) is 0 Å². The van der Waals surface area contributed by atoms with Gasteiger partial charge < -0.3 is 10.0 Å². The number of likely N-dealkylation sites (N-methyl/N-ethyl adjacent to an activating group) is 1. The number of hydrogen-bond donors (Lipinski definition) is 2. The van der Waals surface area contributed by atoms with E-state index in [4.69, 9.17) is 0 Å². The highest BCUT2D eigenvalue weighted by atomic mass is 16.3. The molecular formula is C23H46N4O. The lowest BCUT2D eigenvalue weighted by atomic mass is 9.95. The first-order chi connectivity index (χ1) is 13.5. The second-order valence-corrected chi connectivity index (χ2v) is 9.10. The van der Waals surface area contributed by atoms with Gasteiger partial charge in [0.2, 0.25) is 0 Å². The third-order valence-corrected chi connectivity index (χ3v) is 6.42. The standard InChI is InChI=1S/C23H46N4O/c1-5-8-21(11-10-20(3)18-25(4)24-14-6-2)19-26-16-12-22(13-17-26)27-15-7-9-23(27)28/h10,21-24,28H,5-9,11-19H2,1-4H3/b20-10+. The van der Waals surface area contributed by atoms with Gasteiger partial charge in [-0.2, -0.15) is 0 Å². The number of hydrogen-bond acceptors (Lipinski definition) is 5. The van der Waals surface area contributed by atoms with Crippen LogP contribution >= 0.6 is 0 Å². The number of allylic oxidation sites excluding steroid dienone is 1. The van der Waals surface area contributed by atoms with Crippen molar-refractivity contribution in [2.75, 3.05) is 46.3 Å². The Balaban J connectivity index is 1.74. The molecule has 0 aromatic rings. The number of rotatable bonds is 12. The van der Waals surface area contributed by atoms with Crippen molar-refractivity contribution < 1.29 is 5.11 Å². The van der Waals surface area contributed by atoms with Crippen molar-refractivity contribution in [2.45, 2.75) is 84.4 Å². The fourth-order valence-electron chi connectivity index (χ4n) is 4.85. The van der Waals surface area contributed by atoms with E-state index in [0.717, 1.165) is 38.4 Å². The van der Waals surface area contributed by atoms with E-state index in [2.05, 4.69) is 54.1 Å². The summed E-state index contributed by atoms with van der Waals surface area (Å²) in [5.74, 6) is 0.766. The summed E-state index contributed by atoms with van der Waals surface area (Å²) in [6, 6.07) is 0.603. The van der Waals surface area contributed by atoms with E-state index in [-0.39, 0.29) is 6.23 Å². The normalized spacial score (nSPS) is 24.4. The highest BCUT2D eigenvalue weighted by molar-refractivity contribution is 5.01. The third kappa shape index (κ3) is 8.11. The van der Waals surface area contributed by atoms with E-state index >= 15 is 0 Å². The number of nitrogens with zero attached hydrogens (tertiary/aromatic N) is 3. The van der Waals surface area contributed by atoms with Crippen molar-refractivity contribution in [3.63, 3.8) is 0 Å². The SMILES string of the molecule is CCCNN(C)C/C(C)=C/CC(CCC)CN1CCC(N2CCCC2O)CC1. The van der Waals surface area contributed by atoms with Crippen LogP contribution in [0.5, 0.6) is 0 Å². The molecule has 0 aromatic heterocycles. The molecular weight excluding hydrogens is 348 g/mol. The molecule has 5 nitrogen and oxygen atoms in total. The van der Waals surface area contributed by atoms with E-state index < -0.39 is 0 Å². The van der Waals surface area contributed by atoms with Gasteiger partial charge in [-0.25, -0.2) is 5.01 Å². The summed E-state index contributed by atoms with van der Waals surface area (Å²) in [6.07, 6.45) is 11.8. The van der Waals surface area contributed by atoms with Crippen LogP contribution in [0.1, 0.15) is 72.1 Å². The van der Waals surface area contributed by atoms with Crippen LogP contribution in [-0.4, -0.2) is 78.5 Å². The van der Waals surface area contributed by atoms with Crippen molar-refractivity contribution in [3.8, 4) is 0 Å². The fourth-order valence-corrected chi connectivity index (χ4v) is 4.85. The highest BCUT2D eigenvalue weighted by Crippen LogP contribution is 2.26. The molecule has 2 atom stereocenters. The van der Waals surface area contributed by atoms with Gasteiger partial charge in [-0.1, -0.05) is 31.9 Å². The number of nitrogens with one attached hydrogen (secondary N) is 1. The minimum absolute atomic E-state index is 0.178. The van der Waals surface area contributed by atoms with Crippen LogP contribution in [0.25, 0.3) is 0 Å². The molecule has 0 bridgehead atoms. The predicted octanol–water partition coefficient (Wildman–Crippen LogP) is 3.46. The quantitative estimate of drug-likeness (QED) is 0.392. The number of hydrazine groups is 1. The molecule has 0 aliphatic carbocycles. The van der Waals surface area contributed by atoms with Crippen LogP contribution in [0.15, 0.2) is 11.6 Å². The summed E-state index contributed by atoms with van der Waals surface area (Å²) in [4.78, 5) is 5.04. The lowest BCUT2D eigenvalue weighted by Gasteiger charge is -2.39. The molecule has 2 heterocycles. The van der Waals surface area contributed by atoms with E-state index in [0.29, 0.717) is 6.04 Å².